The molecule has 0 radical (unpaired) electrons. The highest BCUT2D eigenvalue weighted by atomic mass is 32.2. The van der Waals surface area contributed by atoms with Gasteiger partial charge >= 0.3 is 12.1 Å². The Morgan fingerprint density at radius 1 is 1.29 bits per heavy atom. The van der Waals surface area contributed by atoms with E-state index in [1.807, 2.05) is 30.3 Å². The van der Waals surface area contributed by atoms with Crippen LogP contribution in [0.25, 0.3) is 0 Å². The molecule has 130 valence electrons. The lowest BCUT2D eigenvalue weighted by molar-refractivity contribution is -0.150. The summed E-state index contributed by atoms with van der Waals surface area (Å²) in [6.45, 7) is 0.189. The number of aliphatic carboxylic acids is 1. The van der Waals surface area contributed by atoms with Crippen molar-refractivity contribution in [1.29, 1.82) is 0 Å². The van der Waals surface area contributed by atoms with Crippen LogP contribution >= 0.6 is 0 Å². The van der Waals surface area contributed by atoms with Gasteiger partial charge in [0.15, 0.2) is 9.84 Å². The fourth-order valence-corrected chi connectivity index (χ4v) is 5.38. The molecule has 0 spiro atoms. The van der Waals surface area contributed by atoms with Crippen LogP contribution in [0.2, 0.25) is 0 Å². The van der Waals surface area contributed by atoms with Gasteiger partial charge in [0.05, 0.1) is 16.9 Å². The third kappa shape index (κ3) is 3.10. The van der Waals surface area contributed by atoms with Crippen LogP contribution in [0.5, 0.6) is 0 Å². The van der Waals surface area contributed by atoms with Crippen LogP contribution in [-0.2, 0) is 26.0 Å². The van der Waals surface area contributed by atoms with Gasteiger partial charge in [0.1, 0.15) is 6.61 Å². The molecule has 1 N–H and O–H groups in total. The smallest absolute Gasteiger partial charge is 0.410 e. The van der Waals surface area contributed by atoms with E-state index in [0.717, 1.165) is 5.56 Å². The summed E-state index contributed by atoms with van der Waals surface area (Å²) in [5.74, 6) is -1.97. The van der Waals surface area contributed by atoms with Crippen molar-refractivity contribution in [3.63, 3.8) is 0 Å². The summed E-state index contributed by atoms with van der Waals surface area (Å²) < 4.78 is 28.9. The minimum atomic E-state index is -3.26. The molecule has 2 fully saturated rings. The first-order chi connectivity index (χ1) is 11.3. The Bertz CT molecular complexity index is 747. The number of carbonyl (C=O) groups is 2. The normalized spacial score (nSPS) is 28.2. The van der Waals surface area contributed by atoms with E-state index in [1.54, 1.807) is 0 Å². The number of fused-ring (bicyclic) bond motifs is 1. The predicted octanol–water partition coefficient (Wildman–Crippen LogP) is 1.14. The summed E-state index contributed by atoms with van der Waals surface area (Å²) in [5.41, 5.74) is -0.352. The first-order valence-electron chi connectivity index (χ1n) is 7.72. The largest absolute Gasteiger partial charge is 0.481 e. The SMILES string of the molecule is O=C(OCc1ccccc1)N1CC2CS(=O)(=O)CCC2(C(=O)O)C1. The van der Waals surface area contributed by atoms with Crippen LogP contribution in [0.3, 0.4) is 0 Å². The highest BCUT2D eigenvalue weighted by Gasteiger charge is 2.57. The second-order valence-corrected chi connectivity index (χ2v) is 8.67. The van der Waals surface area contributed by atoms with Crippen LogP contribution in [0.1, 0.15) is 12.0 Å². The Morgan fingerprint density at radius 3 is 2.67 bits per heavy atom. The average Bonchev–Trinajstić information content (AvgIpc) is 2.92. The maximum Gasteiger partial charge on any atom is 0.410 e. The number of amides is 1. The molecule has 2 atom stereocenters. The molecule has 0 aromatic heterocycles. The van der Waals surface area contributed by atoms with Crippen molar-refractivity contribution in [3.05, 3.63) is 35.9 Å². The third-order valence-corrected chi connectivity index (χ3v) is 6.64. The number of carboxylic acids is 1. The number of hydrogen-bond donors (Lipinski definition) is 1. The Hall–Kier alpha value is -2.09. The average molecular weight is 353 g/mol. The number of carboxylic acid groups (broad SMARTS) is 1. The molecule has 24 heavy (non-hydrogen) atoms. The van der Waals surface area contributed by atoms with Crippen LogP contribution in [0.15, 0.2) is 30.3 Å². The topological polar surface area (TPSA) is 101 Å². The van der Waals surface area contributed by atoms with E-state index in [9.17, 15) is 23.1 Å². The lowest BCUT2D eigenvalue weighted by atomic mass is 9.76. The number of benzene rings is 1. The Morgan fingerprint density at radius 2 is 2.00 bits per heavy atom. The molecule has 2 heterocycles. The van der Waals surface area contributed by atoms with E-state index >= 15 is 0 Å². The maximum atomic E-state index is 12.2. The van der Waals surface area contributed by atoms with E-state index in [0.29, 0.717) is 0 Å². The Balaban J connectivity index is 1.70. The summed E-state index contributed by atoms with van der Waals surface area (Å²) in [4.78, 5) is 25.3. The van der Waals surface area contributed by atoms with Crippen LogP contribution in [-0.4, -0.2) is 55.1 Å². The first kappa shape index (κ1) is 16.8. The summed E-state index contributed by atoms with van der Waals surface area (Å²) >= 11 is 0. The van der Waals surface area contributed by atoms with Gasteiger partial charge in [-0.3, -0.25) is 4.79 Å². The molecule has 8 heteroatoms. The molecule has 0 bridgehead atoms. The molecule has 3 rings (SSSR count). The molecule has 0 saturated carbocycles. The number of nitrogens with zero attached hydrogens (tertiary/aromatic N) is 1. The highest BCUT2D eigenvalue weighted by molar-refractivity contribution is 7.91. The zero-order valence-corrected chi connectivity index (χ0v) is 13.9. The molecule has 1 aromatic rings. The van der Waals surface area contributed by atoms with Gasteiger partial charge in [-0.2, -0.15) is 0 Å². The van der Waals surface area contributed by atoms with Gasteiger partial charge in [0.2, 0.25) is 0 Å². The third-order valence-electron chi connectivity index (χ3n) is 4.90. The van der Waals surface area contributed by atoms with E-state index < -0.39 is 33.2 Å². The molecule has 2 unspecified atom stereocenters. The number of hydrogen-bond acceptors (Lipinski definition) is 5. The monoisotopic (exact) mass is 353 g/mol. The van der Waals surface area contributed by atoms with E-state index in [1.165, 1.54) is 4.90 Å². The molecular weight excluding hydrogens is 334 g/mol. The fourth-order valence-electron chi connectivity index (χ4n) is 3.50. The molecule has 0 aliphatic carbocycles. The number of sulfone groups is 1. The molecule has 2 saturated heterocycles. The van der Waals surface area contributed by atoms with Crippen molar-refractivity contribution >= 4 is 21.9 Å². The van der Waals surface area contributed by atoms with Gasteiger partial charge in [-0.25, -0.2) is 13.2 Å². The summed E-state index contributed by atoms with van der Waals surface area (Å²) in [6.07, 6.45) is -0.566. The van der Waals surface area contributed by atoms with E-state index in [-0.39, 0.29) is 37.6 Å². The van der Waals surface area contributed by atoms with Gasteiger partial charge in [-0.15, -0.1) is 0 Å². The van der Waals surface area contributed by atoms with Crippen molar-refractivity contribution in [2.75, 3.05) is 24.6 Å². The molecule has 1 aromatic carbocycles. The summed E-state index contributed by atoms with van der Waals surface area (Å²) in [7, 11) is -3.26. The number of ether oxygens (including phenoxy) is 1. The zero-order chi connectivity index (χ0) is 17.4. The van der Waals surface area contributed by atoms with Crippen LogP contribution < -0.4 is 0 Å². The highest BCUT2D eigenvalue weighted by Crippen LogP contribution is 2.44. The Kier molecular flexibility index (Phi) is 4.25. The first-order valence-corrected chi connectivity index (χ1v) is 9.54. The van der Waals surface area contributed by atoms with Gasteiger partial charge in [-0.1, -0.05) is 30.3 Å². The number of carbonyl (C=O) groups excluding carboxylic acids is 1. The molecular formula is C16H19NO6S. The van der Waals surface area contributed by atoms with Crippen molar-refractivity contribution in [2.24, 2.45) is 11.3 Å². The second-order valence-electron chi connectivity index (χ2n) is 6.44. The summed E-state index contributed by atoms with van der Waals surface area (Å²) in [6, 6.07) is 9.16. The van der Waals surface area contributed by atoms with Crippen molar-refractivity contribution in [3.8, 4) is 0 Å². The molecule has 2 aliphatic rings. The van der Waals surface area contributed by atoms with Gasteiger partial charge in [0.25, 0.3) is 0 Å². The standard InChI is InChI=1S/C16H19NO6S/c18-14(19)16-6-7-24(21,22)10-13(16)8-17(11-16)15(20)23-9-12-4-2-1-3-5-12/h1-5,13H,6-11H2,(H,18,19). The Labute approximate surface area is 140 Å². The van der Waals surface area contributed by atoms with Crippen molar-refractivity contribution < 1.29 is 27.9 Å². The minimum Gasteiger partial charge on any atom is -0.481 e. The van der Waals surface area contributed by atoms with Gasteiger partial charge < -0.3 is 14.7 Å². The predicted molar refractivity (Wildman–Crippen MR) is 85.0 cm³/mol. The van der Waals surface area contributed by atoms with Crippen molar-refractivity contribution in [1.82, 2.24) is 4.90 Å². The van der Waals surface area contributed by atoms with Crippen LogP contribution in [0.4, 0.5) is 4.79 Å². The van der Waals surface area contributed by atoms with Crippen molar-refractivity contribution in [2.45, 2.75) is 13.0 Å². The van der Waals surface area contributed by atoms with E-state index in [2.05, 4.69) is 0 Å². The maximum absolute atomic E-state index is 12.2. The van der Waals surface area contributed by atoms with Crippen LogP contribution in [0, 0.1) is 11.3 Å². The molecule has 2 aliphatic heterocycles. The van der Waals surface area contributed by atoms with Gasteiger partial charge in [0, 0.05) is 19.0 Å². The van der Waals surface area contributed by atoms with E-state index in [4.69, 9.17) is 4.74 Å². The number of rotatable bonds is 3. The molecule has 7 nitrogen and oxygen atoms in total. The fraction of sp³-hybridized carbons (Fsp3) is 0.500. The number of likely N-dealkylation sites (tertiary alicyclic amines) is 1. The second kappa shape index (κ2) is 6.08. The zero-order valence-electron chi connectivity index (χ0n) is 13.1. The minimum absolute atomic E-state index is 0.00383. The lowest BCUT2D eigenvalue weighted by Gasteiger charge is -2.33. The van der Waals surface area contributed by atoms with Gasteiger partial charge in [-0.05, 0) is 12.0 Å². The lowest BCUT2D eigenvalue weighted by Crippen LogP contribution is -2.47. The summed E-state index contributed by atoms with van der Waals surface area (Å²) in [5, 5.41) is 9.60. The quantitative estimate of drug-likeness (QED) is 0.875. The molecule has 1 amide bonds.